The first-order valence-electron chi connectivity index (χ1n) is 11.0. The number of ether oxygens (including phenoxy) is 3. The minimum atomic E-state index is -4.86. The molecule has 1 aliphatic heterocycles. The molecule has 2 heterocycles. The molecule has 0 spiro atoms. The number of halogens is 4. The van der Waals surface area contributed by atoms with E-state index in [1.165, 1.54) is 18.2 Å². The zero-order chi connectivity index (χ0) is 26.0. The van der Waals surface area contributed by atoms with Crippen LogP contribution in [-0.2, 0) is 20.4 Å². The highest BCUT2D eigenvalue weighted by atomic mass is 35.5. The van der Waals surface area contributed by atoms with Crippen molar-refractivity contribution in [2.75, 3.05) is 13.2 Å². The van der Waals surface area contributed by atoms with Crippen molar-refractivity contribution >= 4 is 17.6 Å². The predicted octanol–water partition coefficient (Wildman–Crippen LogP) is 5.32. The number of aromatic nitrogens is 3. The van der Waals surface area contributed by atoms with E-state index in [0.29, 0.717) is 5.56 Å². The number of hydrogen-bond donors (Lipinski definition) is 0. The first kappa shape index (κ1) is 25.5. The third kappa shape index (κ3) is 4.74. The van der Waals surface area contributed by atoms with Crippen LogP contribution in [0.5, 0.6) is 5.75 Å². The van der Waals surface area contributed by atoms with Crippen LogP contribution in [0.25, 0.3) is 5.69 Å². The maximum Gasteiger partial charge on any atom is 0.452 e. The molecular formula is C24H20ClF3N4O4. The quantitative estimate of drug-likeness (QED) is 0.405. The van der Waals surface area contributed by atoms with E-state index in [-0.39, 0.29) is 46.6 Å². The maximum absolute atomic E-state index is 14.0. The van der Waals surface area contributed by atoms with Crippen LogP contribution in [0.3, 0.4) is 0 Å². The van der Waals surface area contributed by atoms with E-state index in [0.717, 1.165) is 4.57 Å². The van der Waals surface area contributed by atoms with E-state index < -0.39 is 36.6 Å². The number of nitrogens with zero attached hydrogens (tertiary/aromatic N) is 4. The van der Waals surface area contributed by atoms with Crippen LogP contribution in [-0.4, -0.2) is 33.9 Å². The van der Waals surface area contributed by atoms with Crippen molar-refractivity contribution in [2.24, 2.45) is 0 Å². The molecule has 2 aromatic carbocycles. The third-order valence-electron chi connectivity index (χ3n) is 5.45. The van der Waals surface area contributed by atoms with Gasteiger partial charge in [0.05, 0.1) is 25.3 Å². The van der Waals surface area contributed by atoms with Crippen LogP contribution in [0.1, 0.15) is 60.8 Å². The number of hydrogen-bond acceptors (Lipinski definition) is 7. The second-order valence-electron chi connectivity index (χ2n) is 7.70. The van der Waals surface area contributed by atoms with Crippen molar-refractivity contribution in [3.8, 4) is 17.5 Å². The molecule has 3 aromatic rings. The van der Waals surface area contributed by atoms with Gasteiger partial charge < -0.3 is 14.2 Å². The van der Waals surface area contributed by atoms with E-state index in [2.05, 4.69) is 16.3 Å². The van der Waals surface area contributed by atoms with Crippen LogP contribution >= 0.6 is 11.6 Å². The van der Waals surface area contributed by atoms with Crippen molar-refractivity contribution in [3.05, 3.63) is 69.8 Å². The smallest absolute Gasteiger partial charge is 0.452 e. The van der Waals surface area contributed by atoms with Gasteiger partial charge in [0.15, 0.2) is 5.82 Å². The minimum absolute atomic E-state index is 0.0498. The number of esters is 1. The van der Waals surface area contributed by atoms with Crippen molar-refractivity contribution in [2.45, 2.75) is 38.7 Å². The van der Waals surface area contributed by atoms with Crippen LogP contribution in [0.2, 0.25) is 5.02 Å². The Labute approximate surface area is 209 Å². The summed E-state index contributed by atoms with van der Waals surface area (Å²) in [5.74, 6) is -1.94. The molecule has 0 aliphatic carbocycles. The zero-order valence-corrected chi connectivity index (χ0v) is 19.9. The van der Waals surface area contributed by atoms with Crippen molar-refractivity contribution in [3.63, 3.8) is 0 Å². The van der Waals surface area contributed by atoms with Crippen molar-refractivity contribution in [1.82, 2.24) is 14.8 Å². The fourth-order valence-corrected chi connectivity index (χ4v) is 4.26. The van der Waals surface area contributed by atoms with E-state index >= 15 is 0 Å². The van der Waals surface area contributed by atoms with Crippen LogP contribution in [0.4, 0.5) is 13.2 Å². The number of carbonyl (C=O) groups excluding carboxylic acids is 1. The molecule has 0 N–H and O–H groups in total. The monoisotopic (exact) mass is 520 g/mol. The first-order chi connectivity index (χ1) is 17.2. The molecule has 4 rings (SSSR count). The van der Waals surface area contributed by atoms with Crippen molar-refractivity contribution < 1.29 is 32.2 Å². The van der Waals surface area contributed by atoms with Gasteiger partial charge in [-0.25, -0.2) is 0 Å². The highest BCUT2D eigenvalue weighted by molar-refractivity contribution is 6.30. The topological polar surface area (TPSA) is 99.3 Å². The van der Waals surface area contributed by atoms with Gasteiger partial charge in [-0.05, 0) is 38.1 Å². The molecular weight excluding hydrogens is 501 g/mol. The molecule has 0 saturated heterocycles. The standard InChI is InChI=1S/C24H20ClF3N4O4/c1-3-34-18-7-5-6-14(16(18)12-29)21-15-10-13(25)8-9-17(15)32-22(30-31-23(32)24(26,27)28)19(36-21)11-20(33)35-4-2/h5-10,19,21H,3-4,11H2,1-2H3/t19-,21-/m1/s1. The molecule has 36 heavy (non-hydrogen) atoms. The lowest BCUT2D eigenvalue weighted by Crippen LogP contribution is -2.18. The molecule has 2 atom stereocenters. The lowest BCUT2D eigenvalue weighted by atomic mass is 9.95. The second-order valence-corrected chi connectivity index (χ2v) is 8.13. The predicted molar refractivity (Wildman–Crippen MR) is 121 cm³/mol. The Morgan fingerprint density at radius 2 is 1.97 bits per heavy atom. The van der Waals surface area contributed by atoms with E-state index in [1.54, 1.807) is 32.0 Å². The summed E-state index contributed by atoms with van der Waals surface area (Å²) in [7, 11) is 0. The van der Waals surface area contributed by atoms with Crippen LogP contribution in [0.15, 0.2) is 36.4 Å². The van der Waals surface area contributed by atoms with Gasteiger partial charge in [0.1, 0.15) is 29.6 Å². The molecule has 0 fully saturated rings. The Hall–Kier alpha value is -3.62. The van der Waals surface area contributed by atoms with Gasteiger partial charge in [0.2, 0.25) is 5.82 Å². The maximum atomic E-state index is 14.0. The van der Waals surface area contributed by atoms with Crippen molar-refractivity contribution in [1.29, 1.82) is 5.26 Å². The SMILES string of the molecule is CCOC(=O)C[C@H]1O[C@H](c2cccc(OCC)c2C#N)c2cc(Cl)ccc2-n2c1nnc2C(F)(F)F. The Balaban J connectivity index is 2.00. The second kappa shape index (κ2) is 10.2. The van der Waals surface area contributed by atoms with E-state index in [9.17, 15) is 23.2 Å². The number of alkyl halides is 3. The van der Waals surface area contributed by atoms with Gasteiger partial charge >= 0.3 is 12.1 Å². The lowest BCUT2D eigenvalue weighted by molar-refractivity contribution is -0.147. The Morgan fingerprint density at radius 1 is 1.19 bits per heavy atom. The summed E-state index contributed by atoms with van der Waals surface area (Å²) in [4.78, 5) is 12.4. The van der Waals surface area contributed by atoms with Crippen LogP contribution < -0.4 is 4.74 Å². The summed E-state index contributed by atoms with van der Waals surface area (Å²) in [6.45, 7) is 3.72. The summed E-state index contributed by atoms with van der Waals surface area (Å²) in [5, 5.41) is 17.3. The highest BCUT2D eigenvalue weighted by Crippen LogP contribution is 2.45. The molecule has 1 aromatic heterocycles. The Morgan fingerprint density at radius 3 is 2.64 bits per heavy atom. The van der Waals surface area contributed by atoms with Gasteiger partial charge in [-0.1, -0.05) is 23.7 Å². The fraction of sp³-hybridized carbons (Fsp3) is 0.333. The lowest BCUT2D eigenvalue weighted by Gasteiger charge is -2.24. The summed E-state index contributed by atoms with van der Waals surface area (Å²) in [6, 6.07) is 11.2. The molecule has 0 bridgehead atoms. The molecule has 0 saturated carbocycles. The van der Waals surface area contributed by atoms with E-state index in [1.807, 2.05) is 0 Å². The van der Waals surface area contributed by atoms with Gasteiger partial charge in [-0.2, -0.15) is 18.4 Å². The molecule has 8 nitrogen and oxygen atoms in total. The highest BCUT2D eigenvalue weighted by Gasteiger charge is 2.43. The number of fused-ring (bicyclic) bond motifs is 3. The normalized spacial score (nSPS) is 16.9. The van der Waals surface area contributed by atoms with E-state index in [4.69, 9.17) is 25.8 Å². The number of nitriles is 1. The minimum Gasteiger partial charge on any atom is -0.492 e. The number of rotatable bonds is 6. The summed E-state index contributed by atoms with van der Waals surface area (Å²) in [6.07, 6.45) is -7.68. The third-order valence-corrected chi connectivity index (χ3v) is 5.69. The number of benzene rings is 2. The van der Waals surface area contributed by atoms with Gasteiger partial charge in [0.25, 0.3) is 0 Å². The fourth-order valence-electron chi connectivity index (χ4n) is 4.08. The van der Waals surface area contributed by atoms with Gasteiger partial charge in [0, 0.05) is 16.1 Å². The molecule has 1 aliphatic rings. The van der Waals surface area contributed by atoms with Gasteiger partial charge in [-0.15, -0.1) is 10.2 Å². The first-order valence-corrected chi connectivity index (χ1v) is 11.4. The molecule has 0 unspecified atom stereocenters. The largest absolute Gasteiger partial charge is 0.492 e. The number of carbonyl (C=O) groups is 1. The summed E-state index contributed by atoms with van der Waals surface area (Å²) < 4.78 is 59.6. The molecule has 0 amide bonds. The van der Waals surface area contributed by atoms with Crippen LogP contribution in [0, 0.1) is 11.3 Å². The zero-order valence-electron chi connectivity index (χ0n) is 19.2. The molecule has 188 valence electrons. The van der Waals surface area contributed by atoms with Gasteiger partial charge in [-0.3, -0.25) is 9.36 Å². The Kier molecular flexibility index (Phi) is 7.19. The average molecular weight is 521 g/mol. The molecule has 0 radical (unpaired) electrons. The Bertz CT molecular complexity index is 1340. The summed E-state index contributed by atoms with van der Waals surface area (Å²) >= 11 is 6.25. The summed E-state index contributed by atoms with van der Waals surface area (Å²) in [5.41, 5.74) is 0.742. The average Bonchev–Trinajstić information content (AvgIpc) is 3.23. The molecule has 12 heteroatoms.